The Bertz CT molecular complexity index is 1470. The molecule has 0 fully saturated rings. The molecule has 0 aliphatic rings. The molecule has 0 saturated carbocycles. The zero-order valence-corrected chi connectivity index (χ0v) is 26.3. The van der Waals surface area contributed by atoms with E-state index in [0.717, 1.165) is 9.87 Å². The predicted molar refractivity (Wildman–Crippen MR) is 164 cm³/mol. The van der Waals surface area contributed by atoms with Crippen LogP contribution in [0.3, 0.4) is 0 Å². The third-order valence-corrected chi connectivity index (χ3v) is 8.46. The minimum atomic E-state index is -4.27. The first-order valence-corrected chi connectivity index (χ1v) is 15.3. The highest BCUT2D eigenvalue weighted by atomic mass is 35.5. The second-order valence-corrected chi connectivity index (χ2v) is 13.0. The van der Waals surface area contributed by atoms with E-state index in [2.05, 4.69) is 5.32 Å². The predicted octanol–water partition coefficient (Wildman–Crippen LogP) is 5.27. The summed E-state index contributed by atoms with van der Waals surface area (Å²) in [5.41, 5.74) is 0.375. The Morgan fingerprint density at radius 3 is 2.10 bits per heavy atom. The molecule has 0 radical (unpaired) electrons. The molecule has 3 aromatic rings. The Balaban J connectivity index is 2.11. The average molecular weight is 616 g/mol. The minimum absolute atomic E-state index is 0.0382. The van der Waals surface area contributed by atoms with Crippen LogP contribution >= 0.6 is 11.6 Å². The number of amides is 2. The SMILES string of the molecule is CC[C@H](C(=O)NC(C)(C)C)N(Cc1ccc(Cl)cc1)C(=O)CN(c1ccccc1OC)S(=O)(=O)c1ccc(OC)cc1. The van der Waals surface area contributed by atoms with Crippen LogP contribution in [0.15, 0.2) is 77.7 Å². The topological polar surface area (TPSA) is 105 Å². The molecular formula is C31H38ClN3O6S. The number of benzene rings is 3. The van der Waals surface area contributed by atoms with Gasteiger partial charge in [0.25, 0.3) is 10.0 Å². The van der Waals surface area contributed by atoms with E-state index in [9.17, 15) is 18.0 Å². The van der Waals surface area contributed by atoms with Gasteiger partial charge in [0.05, 0.1) is 24.8 Å². The van der Waals surface area contributed by atoms with Crippen LogP contribution in [0.2, 0.25) is 5.02 Å². The summed E-state index contributed by atoms with van der Waals surface area (Å²) in [5, 5.41) is 3.48. The van der Waals surface area contributed by atoms with Gasteiger partial charge in [0.1, 0.15) is 24.1 Å². The number of rotatable bonds is 12. The third-order valence-electron chi connectivity index (χ3n) is 6.43. The van der Waals surface area contributed by atoms with Gasteiger partial charge in [0, 0.05) is 17.1 Å². The van der Waals surface area contributed by atoms with Gasteiger partial charge in [-0.1, -0.05) is 42.8 Å². The van der Waals surface area contributed by atoms with Crippen molar-refractivity contribution in [3.63, 3.8) is 0 Å². The summed E-state index contributed by atoms with van der Waals surface area (Å²) in [6, 6.07) is 18.5. The Hall–Kier alpha value is -3.76. The van der Waals surface area contributed by atoms with E-state index in [-0.39, 0.29) is 28.8 Å². The first kappa shape index (κ1) is 32.8. The lowest BCUT2D eigenvalue weighted by Crippen LogP contribution is -2.55. The van der Waals surface area contributed by atoms with E-state index in [1.165, 1.54) is 43.4 Å². The number of carbonyl (C=O) groups is 2. The molecule has 0 spiro atoms. The standard InChI is InChI=1S/C31H38ClN3O6S/c1-7-26(30(37)33-31(2,3)4)34(20-22-12-14-23(32)15-13-22)29(36)21-35(27-10-8-9-11-28(27)41-6)42(38,39)25-18-16-24(40-5)17-19-25/h8-19,26H,7,20-21H2,1-6H3,(H,33,37)/t26-/m1/s1. The van der Waals surface area contributed by atoms with E-state index in [1.807, 2.05) is 20.8 Å². The van der Waals surface area contributed by atoms with Crippen LogP contribution in [0, 0.1) is 0 Å². The Kier molecular flexibility index (Phi) is 10.9. The highest BCUT2D eigenvalue weighted by Crippen LogP contribution is 2.33. The van der Waals surface area contributed by atoms with Crippen molar-refractivity contribution in [3.05, 3.63) is 83.4 Å². The third kappa shape index (κ3) is 8.17. The molecule has 0 aliphatic carbocycles. The van der Waals surface area contributed by atoms with Crippen LogP contribution < -0.4 is 19.1 Å². The number of hydrogen-bond donors (Lipinski definition) is 1. The van der Waals surface area contributed by atoms with Crippen LogP contribution in [0.4, 0.5) is 5.69 Å². The summed E-state index contributed by atoms with van der Waals surface area (Å²) >= 11 is 6.08. The summed E-state index contributed by atoms with van der Waals surface area (Å²) in [4.78, 5) is 29.0. The van der Waals surface area contributed by atoms with Gasteiger partial charge in [-0.25, -0.2) is 8.42 Å². The van der Waals surface area contributed by atoms with E-state index in [1.54, 1.807) is 55.5 Å². The molecule has 0 unspecified atom stereocenters. The number of ether oxygens (including phenoxy) is 2. The fourth-order valence-corrected chi connectivity index (χ4v) is 5.93. The Morgan fingerprint density at radius 1 is 0.929 bits per heavy atom. The number of anilines is 1. The molecule has 0 aliphatic heterocycles. The van der Waals surface area contributed by atoms with Gasteiger partial charge in [0.2, 0.25) is 11.8 Å². The summed E-state index contributed by atoms with van der Waals surface area (Å²) in [6.45, 7) is 6.85. The first-order valence-electron chi connectivity index (χ1n) is 13.5. The van der Waals surface area contributed by atoms with Gasteiger partial charge in [-0.05, 0) is 81.3 Å². The van der Waals surface area contributed by atoms with Gasteiger partial charge in [0.15, 0.2) is 0 Å². The first-order chi connectivity index (χ1) is 19.8. The van der Waals surface area contributed by atoms with Crippen LogP contribution in [0.25, 0.3) is 0 Å². The molecule has 226 valence electrons. The van der Waals surface area contributed by atoms with Crippen molar-refractivity contribution >= 4 is 39.1 Å². The Labute approximate surface area is 253 Å². The van der Waals surface area contributed by atoms with Crippen LogP contribution in [-0.2, 0) is 26.2 Å². The number of hydrogen-bond acceptors (Lipinski definition) is 6. The smallest absolute Gasteiger partial charge is 0.264 e. The van der Waals surface area contributed by atoms with Gasteiger partial charge in [-0.3, -0.25) is 13.9 Å². The molecule has 11 heteroatoms. The molecule has 42 heavy (non-hydrogen) atoms. The summed E-state index contributed by atoms with van der Waals surface area (Å²) < 4.78 is 39.8. The molecule has 0 aromatic heterocycles. The van der Waals surface area contributed by atoms with Crippen molar-refractivity contribution < 1.29 is 27.5 Å². The number of methoxy groups -OCH3 is 2. The van der Waals surface area contributed by atoms with Crippen molar-refractivity contribution in [1.29, 1.82) is 0 Å². The fourth-order valence-electron chi connectivity index (χ4n) is 4.38. The molecule has 0 heterocycles. The second kappa shape index (κ2) is 13.9. The lowest BCUT2D eigenvalue weighted by Gasteiger charge is -2.35. The van der Waals surface area contributed by atoms with Crippen molar-refractivity contribution in [3.8, 4) is 11.5 Å². The second-order valence-electron chi connectivity index (χ2n) is 10.7. The lowest BCUT2D eigenvalue weighted by molar-refractivity contribution is -0.141. The molecule has 1 N–H and O–H groups in total. The van der Waals surface area contributed by atoms with Crippen molar-refractivity contribution in [2.24, 2.45) is 0 Å². The number of carbonyl (C=O) groups excluding carboxylic acids is 2. The summed E-state index contributed by atoms with van der Waals surface area (Å²) in [7, 11) is -1.36. The maximum absolute atomic E-state index is 14.2. The molecule has 3 rings (SSSR count). The summed E-state index contributed by atoms with van der Waals surface area (Å²) in [5.74, 6) is -0.152. The minimum Gasteiger partial charge on any atom is -0.497 e. The number of nitrogens with one attached hydrogen (secondary N) is 1. The van der Waals surface area contributed by atoms with Crippen molar-refractivity contribution in [2.45, 2.75) is 57.1 Å². The average Bonchev–Trinajstić information content (AvgIpc) is 2.95. The maximum Gasteiger partial charge on any atom is 0.264 e. The maximum atomic E-state index is 14.2. The van der Waals surface area contributed by atoms with E-state index >= 15 is 0 Å². The van der Waals surface area contributed by atoms with E-state index in [4.69, 9.17) is 21.1 Å². The molecule has 9 nitrogen and oxygen atoms in total. The molecule has 0 saturated heterocycles. The number of para-hydroxylation sites is 2. The zero-order chi connectivity index (χ0) is 31.1. The van der Waals surface area contributed by atoms with Crippen LogP contribution in [0.1, 0.15) is 39.7 Å². The van der Waals surface area contributed by atoms with E-state index < -0.39 is 34.1 Å². The number of halogens is 1. The normalized spacial score (nSPS) is 12.3. The zero-order valence-electron chi connectivity index (χ0n) is 24.8. The van der Waals surface area contributed by atoms with Gasteiger partial charge >= 0.3 is 0 Å². The van der Waals surface area contributed by atoms with Crippen LogP contribution in [0.5, 0.6) is 11.5 Å². The Morgan fingerprint density at radius 2 is 1.55 bits per heavy atom. The summed E-state index contributed by atoms with van der Waals surface area (Å²) in [6.07, 6.45) is 0.307. The largest absolute Gasteiger partial charge is 0.497 e. The molecule has 3 aromatic carbocycles. The monoisotopic (exact) mass is 615 g/mol. The fraction of sp³-hybridized carbons (Fsp3) is 0.355. The molecular weight excluding hydrogens is 578 g/mol. The van der Waals surface area contributed by atoms with Gasteiger partial charge in [-0.2, -0.15) is 0 Å². The molecule has 0 bridgehead atoms. The highest BCUT2D eigenvalue weighted by Gasteiger charge is 2.35. The molecule has 2 amide bonds. The molecule has 1 atom stereocenters. The van der Waals surface area contributed by atoms with E-state index in [0.29, 0.717) is 17.2 Å². The highest BCUT2D eigenvalue weighted by molar-refractivity contribution is 7.92. The lowest BCUT2D eigenvalue weighted by atomic mass is 10.1. The quantitative estimate of drug-likeness (QED) is 0.297. The number of sulfonamides is 1. The van der Waals surface area contributed by atoms with Gasteiger partial charge in [-0.15, -0.1) is 0 Å². The van der Waals surface area contributed by atoms with Crippen molar-refractivity contribution in [2.75, 3.05) is 25.1 Å². The van der Waals surface area contributed by atoms with Crippen molar-refractivity contribution in [1.82, 2.24) is 10.2 Å². The number of nitrogens with zero attached hydrogens (tertiary/aromatic N) is 2. The van der Waals surface area contributed by atoms with Crippen LogP contribution in [-0.4, -0.2) is 57.5 Å². The van der Waals surface area contributed by atoms with Gasteiger partial charge < -0.3 is 19.7 Å².